The lowest BCUT2D eigenvalue weighted by molar-refractivity contribution is -0.385. The van der Waals surface area contributed by atoms with Crippen LogP contribution in [0.2, 0.25) is 0 Å². The molecule has 0 unspecified atom stereocenters. The van der Waals surface area contributed by atoms with Crippen molar-refractivity contribution in [2.45, 2.75) is 13.1 Å². The molecule has 0 spiro atoms. The monoisotopic (exact) mass is 264 g/mol. The number of aromatic nitrogens is 2. The second kappa shape index (κ2) is 5.57. The van der Waals surface area contributed by atoms with Crippen LogP contribution in [-0.4, -0.2) is 21.8 Å². The third-order valence-electron chi connectivity index (χ3n) is 2.64. The molecule has 0 amide bonds. The quantitative estimate of drug-likeness (QED) is 0.659. The number of hydrogen-bond acceptors (Lipinski definition) is 4. The molecule has 6 nitrogen and oxygen atoms in total. The van der Waals surface area contributed by atoms with Crippen molar-refractivity contribution in [3.05, 3.63) is 57.7 Å². The molecule has 1 aromatic heterocycles. The van der Waals surface area contributed by atoms with E-state index in [-0.39, 0.29) is 12.2 Å². The van der Waals surface area contributed by atoms with Gasteiger partial charge in [-0.25, -0.2) is 4.39 Å². The topological polar surface area (TPSA) is 73.0 Å². The van der Waals surface area contributed by atoms with E-state index in [9.17, 15) is 14.5 Å². The molecular weight excluding hydrogens is 251 g/mol. The zero-order valence-electron chi connectivity index (χ0n) is 10.3. The molecule has 0 aliphatic heterocycles. The first-order valence-electron chi connectivity index (χ1n) is 5.69. The van der Waals surface area contributed by atoms with Gasteiger partial charge in [0.25, 0.3) is 5.69 Å². The van der Waals surface area contributed by atoms with Crippen LogP contribution < -0.4 is 5.32 Å². The van der Waals surface area contributed by atoms with Gasteiger partial charge in [0.15, 0.2) is 0 Å². The fourth-order valence-corrected chi connectivity index (χ4v) is 1.82. The molecule has 0 aliphatic rings. The van der Waals surface area contributed by atoms with E-state index in [1.54, 1.807) is 17.1 Å². The Labute approximate surface area is 109 Å². The van der Waals surface area contributed by atoms with E-state index in [0.717, 1.165) is 17.7 Å². The number of halogens is 1. The summed E-state index contributed by atoms with van der Waals surface area (Å²) in [5, 5.41) is 17.9. The molecular formula is C12H13FN4O2. The van der Waals surface area contributed by atoms with Crippen LogP contribution in [0.5, 0.6) is 0 Å². The third kappa shape index (κ3) is 3.14. The average molecular weight is 264 g/mol. The summed E-state index contributed by atoms with van der Waals surface area (Å²) < 4.78 is 14.7. The Kier molecular flexibility index (Phi) is 3.86. The van der Waals surface area contributed by atoms with Gasteiger partial charge in [-0.3, -0.25) is 14.8 Å². The molecule has 19 heavy (non-hydrogen) atoms. The minimum atomic E-state index is -0.521. The summed E-state index contributed by atoms with van der Waals surface area (Å²) in [4.78, 5) is 10.4. The summed E-state index contributed by atoms with van der Waals surface area (Å²) in [6, 6.07) is 3.41. The Bertz CT molecular complexity index is 597. The number of hydrogen-bond donors (Lipinski definition) is 1. The molecule has 0 bridgehead atoms. The summed E-state index contributed by atoms with van der Waals surface area (Å²) in [6.07, 6.45) is 3.44. The number of nitro groups is 1. The van der Waals surface area contributed by atoms with Crippen LogP contribution in [0.25, 0.3) is 0 Å². The van der Waals surface area contributed by atoms with Crippen molar-refractivity contribution >= 4 is 5.69 Å². The van der Waals surface area contributed by atoms with Crippen molar-refractivity contribution in [3.63, 3.8) is 0 Å². The van der Waals surface area contributed by atoms with Crippen molar-refractivity contribution in [2.24, 2.45) is 0 Å². The van der Waals surface area contributed by atoms with E-state index in [1.165, 1.54) is 6.07 Å². The SMILES string of the molecule is CNCc1cnn(Cc2cc(F)ccc2[N+](=O)[O-])c1. The highest BCUT2D eigenvalue weighted by molar-refractivity contribution is 5.40. The van der Waals surface area contributed by atoms with Gasteiger partial charge in [0.05, 0.1) is 23.2 Å². The van der Waals surface area contributed by atoms with Gasteiger partial charge in [0, 0.05) is 24.4 Å². The Morgan fingerprint density at radius 3 is 3.00 bits per heavy atom. The Morgan fingerprint density at radius 2 is 2.32 bits per heavy atom. The normalized spacial score (nSPS) is 10.6. The van der Waals surface area contributed by atoms with E-state index in [1.807, 2.05) is 7.05 Å². The van der Waals surface area contributed by atoms with Gasteiger partial charge in [0.2, 0.25) is 0 Å². The van der Waals surface area contributed by atoms with E-state index in [0.29, 0.717) is 12.1 Å². The highest BCUT2D eigenvalue weighted by Gasteiger charge is 2.15. The van der Waals surface area contributed by atoms with Crippen LogP contribution in [0.3, 0.4) is 0 Å². The maximum absolute atomic E-state index is 13.2. The summed E-state index contributed by atoms with van der Waals surface area (Å²) in [6.45, 7) is 0.822. The Morgan fingerprint density at radius 1 is 1.53 bits per heavy atom. The smallest absolute Gasteiger partial charge is 0.274 e. The van der Waals surface area contributed by atoms with Crippen molar-refractivity contribution in [1.29, 1.82) is 0 Å². The van der Waals surface area contributed by atoms with Crippen LogP contribution in [0.15, 0.2) is 30.6 Å². The van der Waals surface area contributed by atoms with E-state index < -0.39 is 10.7 Å². The van der Waals surface area contributed by atoms with Crippen LogP contribution in [0.1, 0.15) is 11.1 Å². The molecule has 0 saturated carbocycles. The van der Waals surface area contributed by atoms with Crippen LogP contribution in [0.4, 0.5) is 10.1 Å². The lowest BCUT2D eigenvalue weighted by Crippen LogP contribution is -2.05. The molecule has 1 aromatic carbocycles. The van der Waals surface area contributed by atoms with Gasteiger partial charge in [-0.15, -0.1) is 0 Å². The van der Waals surface area contributed by atoms with Crippen molar-refractivity contribution in [1.82, 2.24) is 15.1 Å². The second-order valence-corrected chi connectivity index (χ2v) is 4.11. The molecule has 2 rings (SSSR count). The Balaban J connectivity index is 2.26. The first-order valence-corrected chi connectivity index (χ1v) is 5.69. The summed E-state index contributed by atoms with van der Waals surface area (Å²) in [5.41, 5.74) is 1.15. The first-order chi connectivity index (χ1) is 9.10. The molecule has 0 aliphatic carbocycles. The fourth-order valence-electron chi connectivity index (χ4n) is 1.82. The van der Waals surface area contributed by atoms with E-state index >= 15 is 0 Å². The molecule has 0 radical (unpaired) electrons. The molecule has 0 saturated heterocycles. The number of nitrogens with zero attached hydrogens (tertiary/aromatic N) is 3. The van der Waals surface area contributed by atoms with Gasteiger partial charge in [-0.1, -0.05) is 0 Å². The highest BCUT2D eigenvalue weighted by atomic mass is 19.1. The van der Waals surface area contributed by atoms with Crippen molar-refractivity contribution in [3.8, 4) is 0 Å². The second-order valence-electron chi connectivity index (χ2n) is 4.11. The average Bonchev–Trinajstić information content (AvgIpc) is 2.77. The predicted molar refractivity (Wildman–Crippen MR) is 67.1 cm³/mol. The minimum absolute atomic E-state index is 0.105. The summed E-state index contributed by atoms with van der Waals surface area (Å²) in [7, 11) is 1.81. The van der Waals surface area contributed by atoms with Crippen molar-refractivity contribution < 1.29 is 9.31 Å². The largest absolute Gasteiger partial charge is 0.316 e. The number of nitro benzene ring substituents is 1. The van der Waals surface area contributed by atoms with Gasteiger partial charge < -0.3 is 5.32 Å². The zero-order chi connectivity index (χ0) is 13.8. The molecule has 7 heteroatoms. The maximum Gasteiger partial charge on any atom is 0.274 e. The Hall–Kier alpha value is -2.28. The number of benzene rings is 1. The maximum atomic E-state index is 13.2. The molecule has 100 valence electrons. The third-order valence-corrected chi connectivity index (χ3v) is 2.64. The highest BCUT2D eigenvalue weighted by Crippen LogP contribution is 2.20. The standard InChI is InChI=1S/C12H13FN4O2/c1-14-5-9-6-15-16(7-9)8-10-4-11(13)2-3-12(10)17(18)19/h2-4,6-7,14H,5,8H2,1H3. The lowest BCUT2D eigenvalue weighted by atomic mass is 10.2. The first kappa shape index (κ1) is 13.2. The van der Waals surface area contributed by atoms with E-state index in [2.05, 4.69) is 10.4 Å². The zero-order valence-corrected chi connectivity index (χ0v) is 10.3. The summed E-state index contributed by atoms with van der Waals surface area (Å²) >= 11 is 0. The molecule has 2 aromatic rings. The lowest BCUT2D eigenvalue weighted by Gasteiger charge is -2.03. The summed E-state index contributed by atoms with van der Waals surface area (Å²) in [5.74, 6) is -0.497. The van der Waals surface area contributed by atoms with Gasteiger partial charge >= 0.3 is 0 Å². The number of rotatable bonds is 5. The van der Waals surface area contributed by atoms with Crippen LogP contribution >= 0.6 is 0 Å². The van der Waals surface area contributed by atoms with Crippen LogP contribution in [-0.2, 0) is 13.1 Å². The van der Waals surface area contributed by atoms with Gasteiger partial charge in [-0.2, -0.15) is 5.10 Å². The molecule has 0 atom stereocenters. The van der Waals surface area contributed by atoms with Crippen molar-refractivity contribution in [2.75, 3.05) is 7.05 Å². The molecule has 0 fully saturated rings. The fraction of sp³-hybridized carbons (Fsp3) is 0.250. The predicted octanol–water partition coefficient (Wildman–Crippen LogP) is 1.70. The van der Waals surface area contributed by atoms with Crippen LogP contribution in [0, 0.1) is 15.9 Å². The van der Waals surface area contributed by atoms with Gasteiger partial charge in [0.1, 0.15) is 5.82 Å². The number of nitrogens with one attached hydrogen (secondary N) is 1. The molecule has 1 heterocycles. The van der Waals surface area contributed by atoms with Gasteiger partial charge in [-0.05, 0) is 19.2 Å². The minimum Gasteiger partial charge on any atom is -0.316 e. The van der Waals surface area contributed by atoms with E-state index in [4.69, 9.17) is 0 Å². The molecule has 1 N–H and O–H groups in total.